The fourth-order valence-electron chi connectivity index (χ4n) is 1.58. The number of hydroxylamine groups is 2. The van der Waals surface area contributed by atoms with Gasteiger partial charge in [0.15, 0.2) is 6.23 Å². The van der Waals surface area contributed by atoms with E-state index in [9.17, 15) is 0 Å². The topological polar surface area (TPSA) is 24.8 Å². The zero-order chi connectivity index (χ0) is 10.7. The zero-order valence-electron chi connectivity index (χ0n) is 9.27. The fraction of sp³-hybridized carbons (Fsp3) is 0.500. The van der Waals surface area contributed by atoms with Gasteiger partial charge in [0.05, 0.1) is 7.11 Å². The van der Waals surface area contributed by atoms with Crippen LogP contribution in [0.1, 0.15) is 31.6 Å². The lowest BCUT2D eigenvalue weighted by atomic mass is 10.2. The molecule has 3 heteroatoms. The van der Waals surface area contributed by atoms with E-state index in [-0.39, 0.29) is 6.23 Å². The van der Waals surface area contributed by atoms with Crippen molar-refractivity contribution in [1.82, 2.24) is 5.06 Å². The molecule has 1 aromatic carbocycles. The summed E-state index contributed by atoms with van der Waals surface area (Å²) in [7, 11) is 1.68. The van der Waals surface area contributed by atoms with E-state index in [2.05, 4.69) is 19.1 Å². The van der Waals surface area contributed by atoms with Gasteiger partial charge in [0.2, 0.25) is 0 Å². The van der Waals surface area contributed by atoms with Crippen molar-refractivity contribution in [3.63, 3.8) is 0 Å². The third-order valence-corrected chi connectivity index (χ3v) is 2.58. The van der Waals surface area contributed by atoms with Crippen LogP contribution < -0.4 is 4.74 Å². The molecule has 0 aliphatic carbocycles. The summed E-state index contributed by atoms with van der Waals surface area (Å²) in [4.78, 5) is 5.47. The second-order valence-corrected chi connectivity index (χ2v) is 3.73. The van der Waals surface area contributed by atoms with Crippen molar-refractivity contribution in [3.05, 3.63) is 29.8 Å². The van der Waals surface area contributed by atoms with Crippen LogP contribution in [0.15, 0.2) is 24.3 Å². The second-order valence-electron chi connectivity index (χ2n) is 3.73. The SMILES string of the molecule is CCCCN1OC1c1ccc(OC)cc1. The van der Waals surface area contributed by atoms with Crippen molar-refractivity contribution in [2.24, 2.45) is 0 Å². The van der Waals surface area contributed by atoms with Crippen molar-refractivity contribution in [2.45, 2.75) is 26.0 Å². The zero-order valence-corrected chi connectivity index (χ0v) is 9.27. The van der Waals surface area contributed by atoms with Crippen molar-refractivity contribution in [1.29, 1.82) is 0 Å². The van der Waals surface area contributed by atoms with Gasteiger partial charge in [-0.3, -0.25) is 4.84 Å². The Morgan fingerprint density at radius 1 is 1.33 bits per heavy atom. The van der Waals surface area contributed by atoms with Crippen molar-refractivity contribution < 1.29 is 9.57 Å². The van der Waals surface area contributed by atoms with E-state index >= 15 is 0 Å². The first-order valence-electron chi connectivity index (χ1n) is 5.42. The molecule has 1 saturated heterocycles. The van der Waals surface area contributed by atoms with E-state index in [1.54, 1.807) is 7.11 Å². The van der Waals surface area contributed by atoms with Crippen LogP contribution in [0.5, 0.6) is 5.75 Å². The van der Waals surface area contributed by atoms with Gasteiger partial charge in [-0.25, -0.2) is 0 Å². The van der Waals surface area contributed by atoms with Crippen molar-refractivity contribution in [2.75, 3.05) is 13.7 Å². The van der Waals surface area contributed by atoms with E-state index in [1.807, 2.05) is 17.2 Å². The average Bonchev–Trinajstić information content (AvgIpc) is 3.06. The molecular weight excluding hydrogens is 190 g/mol. The van der Waals surface area contributed by atoms with Gasteiger partial charge in [-0.1, -0.05) is 25.5 Å². The number of benzene rings is 1. The van der Waals surface area contributed by atoms with Crippen LogP contribution in [0.4, 0.5) is 0 Å². The normalized spacial score (nSPS) is 23.9. The Morgan fingerprint density at radius 3 is 2.67 bits per heavy atom. The third kappa shape index (κ3) is 2.49. The average molecular weight is 207 g/mol. The molecule has 3 nitrogen and oxygen atoms in total. The molecule has 0 amide bonds. The maximum Gasteiger partial charge on any atom is 0.179 e. The van der Waals surface area contributed by atoms with Crippen LogP contribution in [-0.4, -0.2) is 18.7 Å². The van der Waals surface area contributed by atoms with Crippen LogP contribution in [0.2, 0.25) is 0 Å². The first kappa shape index (κ1) is 10.5. The van der Waals surface area contributed by atoms with Gasteiger partial charge in [-0.05, 0) is 24.1 Å². The largest absolute Gasteiger partial charge is 0.497 e. The lowest BCUT2D eigenvalue weighted by molar-refractivity contribution is 0.196. The summed E-state index contributed by atoms with van der Waals surface area (Å²) in [6, 6.07) is 8.04. The molecule has 2 unspecified atom stereocenters. The molecule has 0 bridgehead atoms. The van der Waals surface area contributed by atoms with Crippen LogP contribution in [0, 0.1) is 0 Å². The summed E-state index contributed by atoms with van der Waals surface area (Å²) in [6.07, 6.45) is 2.56. The minimum Gasteiger partial charge on any atom is -0.497 e. The number of unbranched alkanes of at least 4 members (excludes halogenated alkanes) is 1. The highest BCUT2D eigenvalue weighted by Gasteiger charge is 2.36. The van der Waals surface area contributed by atoms with Gasteiger partial charge < -0.3 is 4.74 Å². The summed E-state index contributed by atoms with van der Waals surface area (Å²) < 4.78 is 5.11. The van der Waals surface area contributed by atoms with Crippen LogP contribution in [0.3, 0.4) is 0 Å². The van der Waals surface area contributed by atoms with E-state index in [0.29, 0.717) is 0 Å². The van der Waals surface area contributed by atoms with E-state index < -0.39 is 0 Å². The van der Waals surface area contributed by atoms with Gasteiger partial charge in [0.25, 0.3) is 0 Å². The van der Waals surface area contributed by atoms with E-state index in [0.717, 1.165) is 12.3 Å². The Balaban J connectivity index is 1.89. The molecule has 15 heavy (non-hydrogen) atoms. The molecular formula is C12H17NO2. The number of rotatable bonds is 5. The summed E-state index contributed by atoms with van der Waals surface area (Å²) in [5.74, 6) is 0.888. The predicted octanol–water partition coefficient (Wildman–Crippen LogP) is 2.74. The molecule has 1 aromatic rings. The Labute approximate surface area is 90.6 Å². The number of hydrogen-bond acceptors (Lipinski definition) is 3. The van der Waals surface area contributed by atoms with Crippen molar-refractivity contribution in [3.8, 4) is 5.75 Å². The molecule has 1 aliphatic rings. The van der Waals surface area contributed by atoms with Crippen molar-refractivity contribution >= 4 is 0 Å². The van der Waals surface area contributed by atoms with Crippen LogP contribution in [0.25, 0.3) is 0 Å². The first-order valence-corrected chi connectivity index (χ1v) is 5.42. The Bertz CT molecular complexity index is 310. The highest BCUT2D eigenvalue weighted by molar-refractivity contribution is 5.29. The number of hydrogen-bond donors (Lipinski definition) is 0. The van der Waals surface area contributed by atoms with Gasteiger partial charge in [0.1, 0.15) is 5.75 Å². The Kier molecular flexibility index (Phi) is 3.23. The van der Waals surface area contributed by atoms with Gasteiger partial charge in [-0.2, -0.15) is 5.06 Å². The monoisotopic (exact) mass is 207 g/mol. The number of nitrogens with zero attached hydrogens (tertiary/aromatic N) is 1. The highest BCUT2D eigenvalue weighted by atomic mass is 16.8. The van der Waals surface area contributed by atoms with Crippen LogP contribution >= 0.6 is 0 Å². The molecule has 0 aromatic heterocycles. The second kappa shape index (κ2) is 4.64. The molecule has 0 spiro atoms. The first-order chi connectivity index (χ1) is 7.35. The van der Waals surface area contributed by atoms with E-state index in [1.165, 1.54) is 18.4 Å². The molecule has 1 aliphatic heterocycles. The molecule has 0 N–H and O–H groups in total. The maximum absolute atomic E-state index is 5.47. The number of ether oxygens (including phenoxy) is 1. The molecule has 1 fully saturated rings. The quantitative estimate of drug-likeness (QED) is 0.694. The predicted molar refractivity (Wildman–Crippen MR) is 58.4 cm³/mol. The fourth-order valence-corrected chi connectivity index (χ4v) is 1.58. The van der Waals surface area contributed by atoms with Crippen LogP contribution in [-0.2, 0) is 4.84 Å². The minimum absolute atomic E-state index is 0.169. The summed E-state index contributed by atoms with van der Waals surface area (Å²) in [5.41, 5.74) is 1.20. The van der Waals surface area contributed by atoms with E-state index in [4.69, 9.17) is 9.57 Å². The summed E-state index contributed by atoms with van der Waals surface area (Å²) in [6.45, 7) is 3.21. The molecule has 0 saturated carbocycles. The molecule has 1 heterocycles. The van der Waals surface area contributed by atoms with Gasteiger partial charge in [0, 0.05) is 6.54 Å². The molecule has 82 valence electrons. The summed E-state index contributed by atoms with van der Waals surface area (Å²) in [5, 5.41) is 2.02. The molecule has 2 rings (SSSR count). The summed E-state index contributed by atoms with van der Waals surface area (Å²) >= 11 is 0. The van der Waals surface area contributed by atoms with Gasteiger partial charge in [-0.15, -0.1) is 0 Å². The smallest absolute Gasteiger partial charge is 0.179 e. The Hall–Kier alpha value is -1.06. The lowest BCUT2D eigenvalue weighted by Crippen LogP contribution is -1.99. The third-order valence-electron chi connectivity index (χ3n) is 2.58. The maximum atomic E-state index is 5.47. The Morgan fingerprint density at radius 2 is 2.07 bits per heavy atom. The standard InChI is InChI=1S/C12H17NO2/c1-3-4-9-13-12(15-13)10-5-7-11(14-2)8-6-10/h5-8,12H,3-4,9H2,1-2H3. The highest BCUT2D eigenvalue weighted by Crippen LogP contribution is 2.37. The van der Waals surface area contributed by atoms with Gasteiger partial charge >= 0.3 is 0 Å². The number of methoxy groups -OCH3 is 1. The molecule has 0 radical (unpaired) electrons. The lowest BCUT2D eigenvalue weighted by Gasteiger charge is -2.00. The molecule has 2 atom stereocenters. The minimum atomic E-state index is 0.169.